The van der Waals surface area contributed by atoms with E-state index in [1.807, 2.05) is 12.1 Å². The van der Waals surface area contributed by atoms with Crippen LogP contribution in [0.5, 0.6) is 0 Å². The van der Waals surface area contributed by atoms with Gasteiger partial charge in [0.05, 0.1) is 12.4 Å². The topological polar surface area (TPSA) is 43.4 Å². The predicted octanol–water partition coefficient (Wildman–Crippen LogP) is 3.84. The summed E-state index contributed by atoms with van der Waals surface area (Å²) in [5, 5.41) is 0. The highest BCUT2D eigenvalue weighted by molar-refractivity contribution is 8.00. The van der Waals surface area contributed by atoms with Crippen LogP contribution in [0.2, 0.25) is 0 Å². The number of carbonyl (C=O) groups excluding carboxylic acids is 2. The van der Waals surface area contributed by atoms with Gasteiger partial charge in [-0.2, -0.15) is 0 Å². The molecule has 0 aliphatic carbocycles. The zero-order chi connectivity index (χ0) is 16.0. The fraction of sp³-hybridized carbons (Fsp3) is 0.529. The minimum Gasteiger partial charge on any atom is -0.465 e. The van der Waals surface area contributed by atoms with Crippen molar-refractivity contribution in [2.24, 2.45) is 5.92 Å². The Morgan fingerprint density at radius 1 is 1.19 bits per heavy atom. The van der Waals surface area contributed by atoms with Gasteiger partial charge in [0.15, 0.2) is 5.78 Å². The van der Waals surface area contributed by atoms with Crippen LogP contribution in [0.15, 0.2) is 29.2 Å². The second-order valence-corrected chi connectivity index (χ2v) is 7.05. The molecule has 1 aromatic rings. The van der Waals surface area contributed by atoms with Gasteiger partial charge in [0, 0.05) is 4.90 Å². The standard InChI is InChI=1S/C17H24O3S/c1-6-20-16(19)12(2)15(18)11-21-14-9-7-13(8-10-14)17(3,4)5/h7-10,12H,6,11H2,1-5H3. The maximum absolute atomic E-state index is 11.9. The molecule has 0 saturated carbocycles. The molecule has 0 aliphatic heterocycles. The van der Waals surface area contributed by atoms with E-state index in [0.717, 1.165) is 4.90 Å². The second-order valence-electron chi connectivity index (χ2n) is 6.00. The van der Waals surface area contributed by atoms with Crippen molar-refractivity contribution in [3.05, 3.63) is 29.8 Å². The lowest BCUT2D eigenvalue weighted by Crippen LogP contribution is -2.24. The molecule has 1 atom stereocenters. The lowest BCUT2D eigenvalue weighted by atomic mass is 9.87. The van der Waals surface area contributed by atoms with E-state index in [4.69, 9.17) is 4.74 Å². The van der Waals surface area contributed by atoms with Crippen molar-refractivity contribution in [1.82, 2.24) is 0 Å². The van der Waals surface area contributed by atoms with Gasteiger partial charge in [-0.3, -0.25) is 9.59 Å². The van der Waals surface area contributed by atoms with E-state index in [1.54, 1.807) is 13.8 Å². The Morgan fingerprint density at radius 2 is 1.76 bits per heavy atom. The Kier molecular flexibility index (Phi) is 6.46. The maximum atomic E-state index is 11.9. The molecule has 0 fully saturated rings. The Labute approximate surface area is 131 Å². The lowest BCUT2D eigenvalue weighted by Gasteiger charge is -2.19. The van der Waals surface area contributed by atoms with Crippen LogP contribution in [-0.2, 0) is 19.7 Å². The van der Waals surface area contributed by atoms with Gasteiger partial charge in [0.25, 0.3) is 0 Å². The molecule has 0 bridgehead atoms. The van der Waals surface area contributed by atoms with E-state index in [0.29, 0.717) is 6.61 Å². The van der Waals surface area contributed by atoms with Crippen LogP contribution in [0.4, 0.5) is 0 Å². The van der Waals surface area contributed by atoms with Gasteiger partial charge in [-0.1, -0.05) is 32.9 Å². The molecule has 0 aromatic heterocycles. The minimum absolute atomic E-state index is 0.0988. The smallest absolute Gasteiger partial charge is 0.316 e. The molecule has 1 aromatic carbocycles. The summed E-state index contributed by atoms with van der Waals surface area (Å²) >= 11 is 1.45. The summed E-state index contributed by atoms with van der Waals surface area (Å²) in [7, 11) is 0. The number of carbonyl (C=O) groups is 2. The van der Waals surface area contributed by atoms with E-state index < -0.39 is 11.9 Å². The molecule has 3 nitrogen and oxygen atoms in total. The first-order valence-corrected chi connectivity index (χ1v) is 8.17. The molecule has 1 unspecified atom stereocenters. The summed E-state index contributed by atoms with van der Waals surface area (Å²) in [6.07, 6.45) is 0. The van der Waals surface area contributed by atoms with Crippen molar-refractivity contribution >= 4 is 23.5 Å². The molecular weight excluding hydrogens is 284 g/mol. The summed E-state index contributed by atoms with van der Waals surface area (Å²) in [5.41, 5.74) is 1.38. The highest BCUT2D eigenvalue weighted by atomic mass is 32.2. The SMILES string of the molecule is CCOC(=O)C(C)C(=O)CSc1ccc(C(C)(C)C)cc1. The van der Waals surface area contributed by atoms with Crippen LogP contribution < -0.4 is 0 Å². The third-order valence-electron chi connectivity index (χ3n) is 3.22. The molecule has 0 radical (unpaired) electrons. The third kappa shape index (κ3) is 5.54. The summed E-state index contributed by atoms with van der Waals surface area (Å²) in [6, 6.07) is 8.21. The number of benzene rings is 1. The predicted molar refractivity (Wildman–Crippen MR) is 86.7 cm³/mol. The number of esters is 1. The van der Waals surface area contributed by atoms with E-state index >= 15 is 0 Å². The maximum Gasteiger partial charge on any atom is 0.316 e. The molecule has 0 aliphatic rings. The van der Waals surface area contributed by atoms with E-state index in [2.05, 4.69) is 32.9 Å². The van der Waals surface area contributed by atoms with E-state index in [1.165, 1.54) is 17.3 Å². The van der Waals surface area contributed by atoms with Gasteiger partial charge in [-0.15, -0.1) is 11.8 Å². The zero-order valence-corrected chi connectivity index (χ0v) is 14.3. The Balaban J connectivity index is 2.55. The fourth-order valence-electron chi connectivity index (χ4n) is 1.73. The quantitative estimate of drug-likeness (QED) is 0.455. The highest BCUT2D eigenvalue weighted by Gasteiger charge is 2.22. The third-order valence-corrected chi connectivity index (χ3v) is 4.26. The van der Waals surface area contributed by atoms with E-state index in [9.17, 15) is 9.59 Å². The first-order chi connectivity index (χ1) is 9.75. The van der Waals surface area contributed by atoms with Crippen molar-refractivity contribution in [3.63, 3.8) is 0 Å². The molecule has 0 amide bonds. The molecule has 0 heterocycles. The normalized spacial score (nSPS) is 12.8. The number of hydrogen-bond donors (Lipinski definition) is 0. The Morgan fingerprint density at radius 3 is 2.24 bits per heavy atom. The molecule has 116 valence electrons. The molecule has 0 saturated heterocycles. The number of ketones is 1. The van der Waals surface area contributed by atoms with Crippen LogP contribution in [0.25, 0.3) is 0 Å². The highest BCUT2D eigenvalue weighted by Crippen LogP contribution is 2.26. The van der Waals surface area contributed by atoms with Crippen LogP contribution in [-0.4, -0.2) is 24.1 Å². The van der Waals surface area contributed by atoms with Crippen molar-refractivity contribution in [2.45, 2.75) is 44.9 Å². The zero-order valence-electron chi connectivity index (χ0n) is 13.4. The van der Waals surface area contributed by atoms with Crippen LogP contribution in [0, 0.1) is 5.92 Å². The fourth-order valence-corrected chi connectivity index (χ4v) is 2.62. The molecule has 1 rings (SSSR count). The summed E-state index contributed by atoms with van der Waals surface area (Å²) in [4.78, 5) is 24.5. The minimum atomic E-state index is -0.689. The number of rotatable bonds is 6. The molecular formula is C17H24O3S. The summed E-state index contributed by atoms with van der Waals surface area (Å²) < 4.78 is 4.86. The molecule has 0 spiro atoms. The van der Waals surface area contributed by atoms with Crippen LogP contribution in [0.1, 0.15) is 40.2 Å². The van der Waals surface area contributed by atoms with Crippen molar-refractivity contribution in [1.29, 1.82) is 0 Å². The average molecular weight is 308 g/mol. The number of thioether (sulfide) groups is 1. The lowest BCUT2D eigenvalue weighted by molar-refractivity contribution is -0.150. The van der Waals surface area contributed by atoms with Crippen molar-refractivity contribution < 1.29 is 14.3 Å². The van der Waals surface area contributed by atoms with Gasteiger partial charge in [-0.05, 0) is 37.0 Å². The average Bonchev–Trinajstić information content (AvgIpc) is 2.43. The number of ether oxygens (including phenoxy) is 1. The van der Waals surface area contributed by atoms with Crippen LogP contribution in [0.3, 0.4) is 0 Å². The van der Waals surface area contributed by atoms with Crippen molar-refractivity contribution in [3.8, 4) is 0 Å². The second kappa shape index (κ2) is 7.64. The molecule has 21 heavy (non-hydrogen) atoms. The van der Waals surface area contributed by atoms with Gasteiger partial charge in [-0.25, -0.2) is 0 Å². The largest absolute Gasteiger partial charge is 0.465 e. The first-order valence-electron chi connectivity index (χ1n) is 7.18. The summed E-state index contributed by atoms with van der Waals surface area (Å²) in [5.74, 6) is -0.940. The van der Waals surface area contributed by atoms with Gasteiger partial charge < -0.3 is 4.74 Å². The Hall–Kier alpha value is -1.29. The van der Waals surface area contributed by atoms with Gasteiger partial charge in [0.2, 0.25) is 0 Å². The monoisotopic (exact) mass is 308 g/mol. The van der Waals surface area contributed by atoms with Crippen molar-refractivity contribution in [2.75, 3.05) is 12.4 Å². The van der Waals surface area contributed by atoms with Gasteiger partial charge in [0.1, 0.15) is 5.92 Å². The molecule has 4 heteroatoms. The first kappa shape index (κ1) is 17.8. The number of hydrogen-bond acceptors (Lipinski definition) is 4. The summed E-state index contributed by atoms with van der Waals surface area (Å²) in [6.45, 7) is 10.1. The Bertz CT molecular complexity index is 486. The van der Waals surface area contributed by atoms with Gasteiger partial charge >= 0.3 is 5.97 Å². The van der Waals surface area contributed by atoms with Crippen LogP contribution >= 0.6 is 11.8 Å². The number of Topliss-reactive ketones (excluding diaryl/α,β-unsaturated/α-hetero) is 1. The van der Waals surface area contributed by atoms with E-state index in [-0.39, 0.29) is 17.0 Å². The molecule has 0 N–H and O–H groups in total.